The van der Waals surface area contributed by atoms with E-state index in [1.54, 1.807) is 0 Å². The maximum atomic E-state index is 5.66. The fraction of sp³-hybridized carbons (Fsp3) is 0.471. The number of fused-ring (bicyclic) bond motifs is 2. The molecular formula is C17H22N2O2. The van der Waals surface area contributed by atoms with Crippen molar-refractivity contribution in [1.82, 2.24) is 4.98 Å². The van der Waals surface area contributed by atoms with Crippen LogP contribution in [0.15, 0.2) is 18.2 Å². The molecule has 1 aromatic carbocycles. The van der Waals surface area contributed by atoms with E-state index in [-0.39, 0.29) is 0 Å². The van der Waals surface area contributed by atoms with Crippen LogP contribution in [-0.4, -0.2) is 24.7 Å². The summed E-state index contributed by atoms with van der Waals surface area (Å²) in [5.74, 6) is 3.02. The van der Waals surface area contributed by atoms with E-state index in [1.807, 2.05) is 12.1 Å². The number of pyridine rings is 1. The quantitative estimate of drug-likeness (QED) is 0.924. The SMILES string of the molecule is CCCNc1nc2cc3c(cc2cc1C(C)C)OCCO3. The van der Waals surface area contributed by atoms with Crippen molar-refractivity contribution in [1.29, 1.82) is 0 Å². The van der Waals surface area contributed by atoms with Gasteiger partial charge in [0.15, 0.2) is 11.5 Å². The largest absolute Gasteiger partial charge is 0.486 e. The lowest BCUT2D eigenvalue weighted by atomic mass is 10.0. The number of rotatable bonds is 4. The predicted molar refractivity (Wildman–Crippen MR) is 85.6 cm³/mol. The first-order valence-electron chi connectivity index (χ1n) is 7.67. The van der Waals surface area contributed by atoms with Crippen LogP contribution in [0.3, 0.4) is 0 Å². The second-order valence-electron chi connectivity index (χ2n) is 5.70. The normalized spacial score (nSPS) is 13.7. The molecule has 21 heavy (non-hydrogen) atoms. The minimum absolute atomic E-state index is 0.425. The summed E-state index contributed by atoms with van der Waals surface area (Å²) < 4.78 is 11.3. The van der Waals surface area contributed by atoms with E-state index in [4.69, 9.17) is 14.5 Å². The Morgan fingerprint density at radius 2 is 1.86 bits per heavy atom. The number of ether oxygens (including phenoxy) is 2. The van der Waals surface area contributed by atoms with Gasteiger partial charge >= 0.3 is 0 Å². The highest BCUT2D eigenvalue weighted by Gasteiger charge is 2.16. The number of hydrogen-bond acceptors (Lipinski definition) is 4. The minimum atomic E-state index is 0.425. The van der Waals surface area contributed by atoms with Gasteiger partial charge in [-0.25, -0.2) is 4.98 Å². The molecule has 112 valence electrons. The van der Waals surface area contributed by atoms with Gasteiger partial charge in [-0.05, 0) is 30.0 Å². The van der Waals surface area contributed by atoms with Crippen molar-refractivity contribution in [3.8, 4) is 11.5 Å². The number of aromatic nitrogens is 1. The van der Waals surface area contributed by atoms with Crippen molar-refractivity contribution in [3.05, 3.63) is 23.8 Å². The Labute approximate surface area is 125 Å². The fourth-order valence-electron chi connectivity index (χ4n) is 2.55. The Kier molecular flexibility index (Phi) is 3.86. The van der Waals surface area contributed by atoms with Gasteiger partial charge in [0, 0.05) is 18.0 Å². The lowest BCUT2D eigenvalue weighted by Gasteiger charge is -2.20. The molecule has 0 atom stereocenters. The molecule has 0 saturated carbocycles. The molecule has 4 nitrogen and oxygen atoms in total. The van der Waals surface area contributed by atoms with Crippen molar-refractivity contribution in [2.45, 2.75) is 33.1 Å². The summed E-state index contributed by atoms with van der Waals surface area (Å²) in [5.41, 5.74) is 2.19. The van der Waals surface area contributed by atoms with E-state index >= 15 is 0 Å². The summed E-state index contributed by atoms with van der Waals surface area (Å²) in [4.78, 5) is 4.80. The molecule has 0 fully saturated rings. The van der Waals surface area contributed by atoms with Gasteiger partial charge in [-0.1, -0.05) is 20.8 Å². The third-order valence-electron chi connectivity index (χ3n) is 3.67. The van der Waals surface area contributed by atoms with Gasteiger partial charge < -0.3 is 14.8 Å². The van der Waals surface area contributed by atoms with Crippen molar-refractivity contribution in [2.75, 3.05) is 25.1 Å². The minimum Gasteiger partial charge on any atom is -0.486 e. The third kappa shape index (κ3) is 2.75. The van der Waals surface area contributed by atoms with Gasteiger partial charge in [0.25, 0.3) is 0 Å². The highest BCUT2D eigenvalue weighted by molar-refractivity contribution is 5.85. The highest BCUT2D eigenvalue weighted by Crippen LogP contribution is 2.36. The second-order valence-corrected chi connectivity index (χ2v) is 5.70. The van der Waals surface area contributed by atoms with Crippen molar-refractivity contribution >= 4 is 16.7 Å². The van der Waals surface area contributed by atoms with Crippen LogP contribution in [0, 0.1) is 0 Å². The molecule has 0 saturated heterocycles. The van der Waals surface area contributed by atoms with E-state index in [0.717, 1.165) is 41.2 Å². The maximum absolute atomic E-state index is 5.66. The fourth-order valence-corrected chi connectivity index (χ4v) is 2.55. The van der Waals surface area contributed by atoms with E-state index in [2.05, 4.69) is 32.2 Å². The zero-order valence-electron chi connectivity index (χ0n) is 12.9. The summed E-state index contributed by atoms with van der Waals surface area (Å²) in [6, 6.07) is 6.22. The van der Waals surface area contributed by atoms with Crippen LogP contribution in [0.25, 0.3) is 10.9 Å². The van der Waals surface area contributed by atoms with Gasteiger partial charge in [-0.15, -0.1) is 0 Å². The first-order valence-corrected chi connectivity index (χ1v) is 7.67. The number of benzene rings is 1. The lowest BCUT2D eigenvalue weighted by Crippen LogP contribution is -2.15. The van der Waals surface area contributed by atoms with Crippen LogP contribution < -0.4 is 14.8 Å². The monoisotopic (exact) mass is 286 g/mol. The Morgan fingerprint density at radius 1 is 1.14 bits per heavy atom. The molecule has 1 aromatic heterocycles. The summed E-state index contributed by atoms with van der Waals surface area (Å²) in [6.45, 7) is 8.69. The van der Waals surface area contributed by atoms with Gasteiger partial charge in [0.1, 0.15) is 19.0 Å². The molecule has 3 rings (SSSR count). The van der Waals surface area contributed by atoms with Crippen LogP contribution >= 0.6 is 0 Å². The Balaban J connectivity index is 2.11. The molecule has 0 amide bonds. The van der Waals surface area contributed by atoms with Crippen molar-refractivity contribution in [2.24, 2.45) is 0 Å². The van der Waals surface area contributed by atoms with Crippen LogP contribution in [0.5, 0.6) is 11.5 Å². The predicted octanol–water partition coefficient (Wildman–Crippen LogP) is 3.95. The van der Waals surface area contributed by atoms with Crippen molar-refractivity contribution in [3.63, 3.8) is 0 Å². The molecule has 1 aliphatic rings. The highest BCUT2D eigenvalue weighted by atomic mass is 16.6. The molecular weight excluding hydrogens is 264 g/mol. The molecule has 2 aromatic rings. The van der Waals surface area contributed by atoms with E-state index < -0.39 is 0 Å². The number of nitrogens with one attached hydrogen (secondary N) is 1. The molecule has 0 bridgehead atoms. The molecule has 0 unspecified atom stereocenters. The molecule has 0 aliphatic carbocycles. The van der Waals surface area contributed by atoms with E-state index in [9.17, 15) is 0 Å². The number of anilines is 1. The summed E-state index contributed by atoms with van der Waals surface area (Å²) in [6.07, 6.45) is 1.08. The van der Waals surface area contributed by atoms with Gasteiger partial charge in [0.05, 0.1) is 5.52 Å². The first-order chi connectivity index (χ1) is 10.2. The van der Waals surface area contributed by atoms with Crippen LogP contribution in [0.1, 0.15) is 38.7 Å². The average molecular weight is 286 g/mol. The lowest BCUT2D eigenvalue weighted by molar-refractivity contribution is 0.172. The zero-order valence-corrected chi connectivity index (χ0v) is 12.9. The Hall–Kier alpha value is -1.97. The number of hydrogen-bond donors (Lipinski definition) is 1. The second kappa shape index (κ2) is 5.80. The van der Waals surface area contributed by atoms with Gasteiger partial charge in [0.2, 0.25) is 0 Å². The number of nitrogens with zero attached hydrogens (tertiary/aromatic N) is 1. The van der Waals surface area contributed by atoms with Gasteiger partial charge in [-0.3, -0.25) is 0 Å². The van der Waals surface area contributed by atoms with Crippen LogP contribution in [0.2, 0.25) is 0 Å². The standard InChI is InChI=1S/C17H22N2O2/c1-4-5-18-17-13(11(2)3)8-12-9-15-16(10-14(12)19-17)21-7-6-20-15/h8-11H,4-7H2,1-3H3,(H,18,19). The summed E-state index contributed by atoms with van der Waals surface area (Å²) in [5, 5.41) is 4.54. The smallest absolute Gasteiger partial charge is 0.163 e. The van der Waals surface area contributed by atoms with Gasteiger partial charge in [-0.2, -0.15) is 0 Å². The molecule has 1 aliphatic heterocycles. The molecule has 0 radical (unpaired) electrons. The summed E-state index contributed by atoms with van der Waals surface area (Å²) in [7, 11) is 0. The molecule has 1 N–H and O–H groups in total. The molecule has 0 spiro atoms. The van der Waals surface area contributed by atoms with E-state index in [1.165, 1.54) is 5.56 Å². The maximum Gasteiger partial charge on any atom is 0.163 e. The zero-order chi connectivity index (χ0) is 14.8. The topological polar surface area (TPSA) is 43.4 Å². The summed E-state index contributed by atoms with van der Waals surface area (Å²) >= 11 is 0. The first kappa shape index (κ1) is 14.0. The Morgan fingerprint density at radius 3 is 2.52 bits per heavy atom. The average Bonchev–Trinajstić information content (AvgIpc) is 2.49. The van der Waals surface area contributed by atoms with Crippen molar-refractivity contribution < 1.29 is 9.47 Å². The van der Waals surface area contributed by atoms with Crippen LogP contribution in [-0.2, 0) is 0 Å². The van der Waals surface area contributed by atoms with Crippen LogP contribution in [0.4, 0.5) is 5.82 Å². The Bertz CT molecular complexity index is 653. The molecule has 2 heterocycles. The van der Waals surface area contributed by atoms with E-state index in [0.29, 0.717) is 19.1 Å². The molecule has 4 heteroatoms. The third-order valence-corrected chi connectivity index (χ3v) is 3.67.